The summed E-state index contributed by atoms with van der Waals surface area (Å²) in [6, 6.07) is 7.30. The van der Waals surface area contributed by atoms with E-state index >= 15 is 0 Å². The van der Waals surface area contributed by atoms with Crippen LogP contribution in [0.2, 0.25) is 0 Å². The molecule has 39 heavy (non-hydrogen) atoms. The van der Waals surface area contributed by atoms with Crippen molar-refractivity contribution in [2.75, 3.05) is 24.6 Å². The second-order valence-electron chi connectivity index (χ2n) is 9.36. The lowest BCUT2D eigenvalue weighted by Crippen LogP contribution is -2.44. The monoisotopic (exact) mass is 539 g/mol. The van der Waals surface area contributed by atoms with E-state index in [9.17, 15) is 27.9 Å². The summed E-state index contributed by atoms with van der Waals surface area (Å²) in [5.41, 5.74) is 7.21. The average Bonchev–Trinajstić information content (AvgIpc) is 3.29. The fourth-order valence-electron chi connectivity index (χ4n) is 4.83. The van der Waals surface area contributed by atoms with Gasteiger partial charge < -0.3 is 16.2 Å². The molecule has 1 saturated heterocycles. The van der Waals surface area contributed by atoms with Crippen LogP contribution in [0.15, 0.2) is 55.0 Å². The molecule has 10 nitrogen and oxygen atoms in total. The van der Waals surface area contributed by atoms with Gasteiger partial charge in [-0.3, -0.25) is 18.9 Å². The molecule has 4 heterocycles. The number of nitrogens with zero attached hydrogens (tertiary/aromatic N) is 5. The number of pyridine rings is 1. The molecule has 2 atom stereocenters. The number of fused-ring (bicyclic) bond motifs is 1. The molecular formula is C26H24F3N7O3. The molecule has 0 spiro atoms. The number of hydrogen-bond acceptors (Lipinski definition) is 7. The van der Waals surface area contributed by atoms with Gasteiger partial charge in [-0.05, 0) is 50.7 Å². The van der Waals surface area contributed by atoms with Crippen molar-refractivity contribution < 1.29 is 27.9 Å². The number of imidazole rings is 1. The average molecular weight is 540 g/mol. The third-order valence-corrected chi connectivity index (χ3v) is 6.88. The quantitative estimate of drug-likeness (QED) is 0.347. The van der Waals surface area contributed by atoms with Crippen molar-refractivity contribution in [3.8, 4) is 11.3 Å². The zero-order chi connectivity index (χ0) is 27.9. The molecule has 0 aliphatic carbocycles. The summed E-state index contributed by atoms with van der Waals surface area (Å²) in [6.45, 7) is 0.594. The van der Waals surface area contributed by atoms with Crippen LogP contribution in [-0.4, -0.2) is 60.9 Å². The molecule has 1 aromatic carbocycles. The van der Waals surface area contributed by atoms with Gasteiger partial charge >= 0.3 is 12.1 Å². The number of rotatable bonds is 5. The summed E-state index contributed by atoms with van der Waals surface area (Å²) in [5, 5.41) is 12.0. The Bertz CT molecular complexity index is 1550. The normalized spacial score (nSPS) is 18.3. The van der Waals surface area contributed by atoms with Gasteiger partial charge in [0, 0.05) is 35.6 Å². The lowest BCUT2D eigenvalue weighted by molar-refractivity contribution is -0.144. The molecule has 0 unspecified atom stereocenters. The van der Waals surface area contributed by atoms with Crippen molar-refractivity contribution in [1.82, 2.24) is 24.3 Å². The highest BCUT2D eigenvalue weighted by Crippen LogP contribution is 2.36. The first-order valence-electron chi connectivity index (χ1n) is 12.0. The number of benzene rings is 1. The minimum Gasteiger partial charge on any atom is -0.480 e. The molecule has 202 valence electrons. The van der Waals surface area contributed by atoms with Gasteiger partial charge in [0.2, 0.25) is 0 Å². The first-order chi connectivity index (χ1) is 18.5. The second kappa shape index (κ2) is 9.98. The van der Waals surface area contributed by atoms with Gasteiger partial charge in [-0.1, -0.05) is 12.1 Å². The summed E-state index contributed by atoms with van der Waals surface area (Å²) < 4.78 is 40.8. The number of piperidine rings is 1. The number of hydrogen-bond donors (Lipinski definition) is 3. The van der Waals surface area contributed by atoms with Gasteiger partial charge in [-0.2, -0.15) is 13.2 Å². The fraction of sp³-hybridized carbons (Fsp3) is 0.269. The summed E-state index contributed by atoms with van der Waals surface area (Å²) in [5.74, 6) is -0.956. The van der Waals surface area contributed by atoms with E-state index in [1.54, 1.807) is 31.6 Å². The highest BCUT2D eigenvalue weighted by atomic mass is 19.4. The zero-order valence-corrected chi connectivity index (χ0v) is 20.7. The summed E-state index contributed by atoms with van der Waals surface area (Å²) in [7, 11) is 1.78. The number of nitrogens with one attached hydrogen (secondary N) is 1. The van der Waals surface area contributed by atoms with E-state index in [2.05, 4.69) is 15.3 Å². The number of carbonyl (C=O) groups excluding carboxylic acids is 1. The largest absolute Gasteiger partial charge is 0.480 e. The molecule has 3 aromatic heterocycles. The minimum atomic E-state index is -4.56. The third-order valence-electron chi connectivity index (χ3n) is 6.88. The Morgan fingerprint density at radius 3 is 2.56 bits per heavy atom. The standard InChI is InChI=1S/C26H24F3N7O3/c1-35-10-7-16(12-18(35)25(38)39)23-34-20(21-22(30)32-9-11-36(21)23)14-2-4-15(5-3-14)24(37)33-19-13-17(6-8-31-19)26(27,28)29/h2-6,8-9,11,13,16,18H,7,10,12H2,1H3,(H2,30,32)(H,38,39)(H,31,33,37)/t16-,18+/m1/s1. The van der Waals surface area contributed by atoms with Crippen LogP contribution in [0.25, 0.3) is 16.8 Å². The lowest BCUT2D eigenvalue weighted by atomic mass is 9.90. The van der Waals surface area contributed by atoms with Gasteiger partial charge in [0.25, 0.3) is 5.91 Å². The number of carbonyl (C=O) groups is 2. The van der Waals surface area contributed by atoms with Gasteiger partial charge in [-0.15, -0.1) is 0 Å². The second-order valence-corrected chi connectivity index (χ2v) is 9.36. The molecule has 1 aliphatic heterocycles. The molecule has 1 aliphatic rings. The van der Waals surface area contributed by atoms with Crippen molar-refractivity contribution in [1.29, 1.82) is 0 Å². The Morgan fingerprint density at radius 2 is 1.87 bits per heavy atom. The van der Waals surface area contributed by atoms with E-state index in [4.69, 9.17) is 10.7 Å². The number of anilines is 2. The maximum atomic E-state index is 13.0. The van der Waals surface area contributed by atoms with Crippen LogP contribution in [0.3, 0.4) is 0 Å². The smallest absolute Gasteiger partial charge is 0.416 e. The Balaban J connectivity index is 1.44. The van der Waals surface area contributed by atoms with Crippen molar-refractivity contribution in [3.05, 3.63) is 71.9 Å². The highest BCUT2D eigenvalue weighted by molar-refractivity contribution is 6.04. The topological polar surface area (TPSA) is 139 Å². The molecule has 0 saturated carbocycles. The fourth-order valence-corrected chi connectivity index (χ4v) is 4.83. The number of alkyl halides is 3. The van der Waals surface area contributed by atoms with E-state index in [0.29, 0.717) is 42.0 Å². The number of nitrogens with two attached hydrogens (primary N) is 1. The SMILES string of the molecule is CN1CC[C@@H](c2nc(-c3ccc(C(=O)Nc4cc(C(F)(F)F)ccn4)cc3)c3c(N)nccn23)C[C@H]1C(=O)O. The van der Waals surface area contributed by atoms with Gasteiger partial charge in [-0.25, -0.2) is 15.0 Å². The Labute approximate surface area is 220 Å². The Morgan fingerprint density at radius 1 is 1.13 bits per heavy atom. The van der Waals surface area contributed by atoms with Crippen LogP contribution >= 0.6 is 0 Å². The molecule has 1 fully saturated rings. The first kappa shape index (κ1) is 26.1. The predicted molar refractivity (Wildman–Crippen MR) is 136 cm³/mol. The van der Waals surface area contributed by atoms with Gasteiger partial charge in [0.15, 0.2) is 0 Å². The Kier molecular flexibility index (Phi) is 6.68. The van der Waals surface area contributed by atoms with E-state index in [1.165, 1.54) is 12.1 Å². The zero-order valence-electron chi connectivity index (χ0n) is 20.7. The van der Waals surface area contributed by atoms with Crippen LogP contribution in [0.4, 0.5) is 24.8 Å². The van der Waals surface area contributed by atoms with Crippen molar-refractivity contribution in [2.45, 2.75) is 31.0 Å². The Hall–Kier alpha value is -4.52. The van der Waals surface area contributed by atoms with Crippen molar-refractivity contribution in [2.24, 2.45) is 0 Å². The summed E-state index contributed by atoms with van der Waals surface area (Å²) >= 11 is 0. The third kappa shape index (κ3) is 5.12. The number of carboxylic acids is 1. The molecule has 4 N–H and O–H groups in total. The number of likely N-dealkylation sites (tertiary alicyclic amines) is 1. The van der Waals surface area contributed by atoms with Gasteiger partial charge in [0.1, 0.15) is 34.7 Å². The lowest BCUT2D eigenvalue weighted by Gasteiger charge is -2.33. The number of halogens is 3. The van der Waals surface area contributed by atoms with Gasteiger partial charge in [0.05, 0.1) is 5.56 Å². The first-order valence-corrected chi connectivity index (χ1v) is 12.0. The number of amides is 1. The van der Waals surface area contributed by atoms with Crippen LogP contribution in [0.1, 0.15) is 40.5 Å². The van der Waals surface area contributed by atoms with E-state index in [1.807, 2.05) is 9.30 Å². The highest BCUT2D eigenvalue weighted by Gasteiger charge is 2.34. The van der Waals surface area contributed by atoms with Crippen molar-refractivity contribution in [3.63, 3.8) is 0 Å². The molecule has 1 amide bonds. The number of aromatic nitrogens is 4. The van der Waals surface area contributed by atoms with Crippen LogP contribution in [-0.2, 0) is 11.0 Å². The van der Waals surface area contributed by atoms with E-state index in [0.717, 1.165) is 18.3 Å². The number of carboxylic acid groups (broad SMARTS) is 1. The van der Waals surface area contributed by atoms with E-state index in [-0.39, 0.29) is 23.1 Å². The summed E-state index contributed by atoms with van der Waals surface area (Å²) in [4.78, 5) is 39.1. The molecule has 0 bridgehead atoms. The van der Waals surface area contributed by atoms with E-state index < -0.39 is 29.7 Å². The predicted octanol–water partition coefficient (Wildman–Crippen LogP) is 3.91. The van der Waals surface area contributed by atoms with Crippen LogP contribution in [0, 0.1) is 0 Å². The molecular weight excluding hydrogens is 515 g/mol. The molecule has 4 aromatic rings. The van der Waals surface area contributed by atoms with Crippen LogP contribution < -0.4 is 11.1 Å². The number of nitrogen functional groups attached to an aromatic ring is 1. The molecule has 5 rings (SSSR count). The maximum absolute atomic E-state index is 13.0. The maximum Gasteiger partial charge on any atom is 0.416 e. The summed E-state index contributed by atoms with van der Waals surface area (Å²) in [6.07, 6.45) is 0.796. The van der Waals surface area contributed by atoms with Crippen molar-refractivity contribution >= 4 is 29.0 Å². The number of aliphatic carboxylic acids is 1. The minimum absolute atomic E-state index is 0.129. The molecule has 13 heteroatoms. The molecule has 0 radical (unpaired) electrons. The van der Waals surface area contributed by atoms with Crippen LogP contribution in [0.5, 0.6) is 0 Å². The number of likely N-dealkylation sites (N-methyl/N-ethyl adjacent to an activating group) is 1.